The topological polar surface area (TPSA) is 47.6 Å². The van der Waals surface area contributed by atoms with Gasteiger partial charge in [-0.2, -0.15) is 0 Å². The Morgan fingerprint density at radius 2 is 1.58 bits per heavy atom. The maximum atomic E-state index is 12.5. The summed E-state index contributed by atoms with van der Waals surface area (Å²) >= 11 is 0. The van der Waals surface area contributed by atoms with Crippen LogP contribution >= 0.6 is 0 Å². The fourth-order valence-electron chi connectivity index (χ4n) is 2.44. The molecule has 2 aromatic carbocycles. The summed E-state index contributed by atoms with van der Waals surface area (Å²) in [5, 5.41) is 2.99. The van der Waals surface area contributed by atoms with Gasteiger partial charge < -0.3 is 14.8 Å². The normalized spacial score (nSPS) is 11.7. The van der Waals surface area contributed by atoms with E-state index in [1.807, 2.05) is 57.2 Å². The zero-order chi connectivity index (χ0) is 17.7. The van der Waals surface area contributed by atoms with Crippen molar-refractivity contribution in [2.45, 2.75) is 33.7 Å². The molecule has 0 aliphatic heterocycles. The van der Waals surface area contributed by atoms with Gasteiger partial charge in [0.15, 0.2) is 0 Å². The molecule has 0 spiro atoms. The van der Waals surface area contributed by atoms with Gasteiger partial charge in [-0.1, -0.05) is 6.07 Å². The highest BCUT2D eigenvalue weighted by molar-refractivity contribution is 5.96. The molecule has 128 valence electrons. The van der Waals surface area contributed by atoms with Gasteiger partial charge in [0.05, 0.1) is 13.2 Å². The molecule has 4 heteroatoms. The maximum absolute atomic E-state index is 12.5. The average molecular weight is 327 g/mol. The van der Waals surface area contributed by atoms with Gasteiger partial charge in [0.25, 0.3) is 5.91 Å². The first-order valence-electron chi connectivity index (χ1n) is 8.06. The van der Waals surface area contributed by atoms with Crippen molar-refractivity contribution in [1.29, 1.82) is 0 Å². The molecule has 2 rings (SSSR count). The summed E-state index contributed by atoms with van der Waals surface area (Å²) in [5.41, 5.74) is 4.01. The first kappa shape index (κ1) is 17.9. The predicted molar refractivity (Wildman–Crippen MR) is 96.1 cm³/mol. The maximum Gasteiger partial charge on any atom is 0.251 e. The second-order valence-corrected chi connectivity index (χ2v) is 6.11. The van der Waals surface area contributed by atoms with Crippen molar-refractivity contribution in [3.63, 3.8) is 0 Å². The lowest BCUT2D eigenvalue weighted by Crippen LogP contribution is -2.37. The Hall–Kier alpha value is -2.49. The first-order valence-corrected chi connectivity index (χ1v) is 8.06. The highest BCUT2D eigenvalue weighted by Gasteiger charge is 2.13. The monoisotopic (exact) mass is 327 g/mol. The fraction of sp³-hybridized carbons (Fsp3) is 0.350. The first-order chi connectivity index (χ1) is 11.4. The molecule has 1 N–H and O–H groups in total. The van der Waals surface area contributed by atoms with E-state index in [1.54, 1.807) is 7.11 Å². The van der Waals surface area contributed by atoms with Crippen molar-refractivity contribution in [2.75, 3.05) is 13.7 Å². The molecule has 0 aliphatic rings. The third-order valence-electron chi connectivity index (χ3n) is 4.02. The van der Waals surface area contributed by atoms with Crippen LogP contribution in [0.3, 0.4) is 0 Å². The van der Waals surface area contributed by atoms with Crippen molar-refractivity contribution >= 4 is 5.91 Å². The van der Waals surface area contributed by atoms with Gasteiger partial charge in [-0.3, -0.25) is 4.79 Å². The number of benzene rings is 2. The smallest absolute Gasteiger partial charge is 0.251 e. The number of carbonyl (C=O) groups excluding carboxylic acids is 1. The second-order valence-electron chi connectivity index (χ2n) is 6.11. The number of rotatable bonds is 6. The number of carbonyl (C=O) groups is 1. The molecule has 4 nitrogen and oxygen atoms in total. The van der Waals surface area contributed by atoms with Gasteiger partial charge in [-0.15, -0.1) is 0 Å². The van der Waals surface area contributed by atoms with E-state index in [0.29, 0.717) is 6.61 Å². The van der Waals surface area contributed by atoms with Gasteiger partial charge in [0.1, 0.15) is 18.1 Å². The third-order valence-corrected chi connectivity index (χ3v) is 4.02. The number of aryl methyl sites for hydroxylation is 3. The molecular weight excluding hydrogens is 302 g/mol. The van der Waals surface area contributed by atoms with Crippen LogP contribution in [0.1, 0.15) is 34.0 Å². The number of amides is 1. The Morgan fingerprint density at radius 3 is 2.21 bits per heavy atom. The Morgan fingerprint density at radius 1 is 1.00 bits per heavy atom. The summed E-state index contributed by atoms with van der Waals surface area (Å²) in [5.74, 6) is 1.47. The lowest BCUT2D eigenvalue weighted by molar-refractivity contribution is 0.0926. The summed E-state index contributed by atoms with van der Waals surface area (Å²) in [6.45, 7) is 8.36. The number of nitrogens with one attached hydrogen (secondary N) is 1. The zero-order valence-corrected chi connectivity index (χ0v) is 15.0. The summed E-state index contributed by atoms with van der Waals surface area (Å²) in [6, 6.07) is 11.3. The van der Waals surface area contributed by atoms with Crippen molar-refractivity contribution < 1.29 is 14.3 Å². The van der Waals surface area contributed by atoms with Gasteiger partial charge in [0.2, 0.25) is 0 Å². The van der Waals surface area contributed by atoms with Crippen LogP contribution in [-0.4, -0.2) is 25.7 Å². The van der Waals surface area contributed by atoms with E-state index >= 15 is 0 Å². The molecule has 0 fully saturated rings. The van der Waals surface area contributed by atoms with E-state index in [4.69, 9.17) is 9.47 Å². The largest absolute Gasteiger partial charge is 0.497 e. The molecule has 24 heavy (non-hydrogen) atoms. The second kappa shape index (κ2) is 7.86. The molecule has 0 saturated heterocycles. The standard InChI is InChI=1S/C20H25NO3/c1-13-10-15(3)19(11-14(13)2)20(22)21-16(4)12-24-18-8-6-17(23-5)7-9-18/h6-11,16H,12H2,1-5H3,(H,21,22)/t16-/m1/s1. The Labute approximate surface area is 143 Å². The summed E-state index contributed by atoms with van der Waals surface area (Å²) < 4.78 is 10.8. The molecular formula is C20H25NO3. The Kier molecular flexibility index (Phi) is 5.85. The van der Waals surface area contributed by atoms with Crippen LogP contribution in [-0.2, 0) is 0 Å². The fourth-order valence-corrected chi connectivity index (χ4v) is 2.44. The van der Waals surface area contributed by atoms with Crippen LogP contribution in [0.2, 0.25) is 0 Å². The molecule has 1 amide bonds. The number of methoxy groups -OCH3 is 1. The van der Waals surface area contributed by atoms with Crippen LogP contribution in [0, 0.1) is 20.8 Å². The van der Waals surface area contributed by atoms with Crippen molar-refractivity contribution in [1.82, 2.24) is 5.32 Å². The van der Waals surface area contributed by atoms with Crippen molar-refractivity contribution in [3.8, 4) is 11.5 Å². The van der Waals surface area contributed by atoms with Gasteiger partial charge in [-0.25, -0.2) is 0 Å². The minimum Gasteiger partial charge on any atom is -0.497 e. The minimum absolute atomic E-state index is 0.0681. The van der Waals surface area contributed by atoms with Crippen LogP contribution in [0.4, 0.5) is 0 Å². The summed E-state index contributed by atoms with van der Waals surface area (Å²) in [6.07, 6.45) is 0. The third kappa shape index (κ3) is 4.51. The molecule has 0 aromatic heterocycles. The van der Waals surface area contributed by atoms with Crippen molar-refractivity contribution in [3.05, 3.63) is 58.7 Å². The highest BCUT2D eigenvalue weighted by Crippen LogP contribution is 2.18. The molecule has 0 heterocycles. The molecule has 2 aromatic rings. The van der Waals surface area contributed by atoms with E-state index in [2.05, 4.69) is 12.2 Å². The number of hydrogen-bond donors (Lipinski definition) is 1. The van der Waals surface area contributed by atoms with Gasteiger partial charge >= 0.3 is 0 Å². The quantitative estimate of drug-likeness (QED) is 0.877. The average Bonchev–Trinajstić information content (AvgIpc) is 2.56. The van der Waals surface area contributed by atoms with E-state index in [9.17, 15) is 4.79 Å². The van der Waals surface area contributed by atoms with Crippen molar-refractivity contribution in [2.24, 2.45) is 0 Å². The highest BCUT2D eigenvalue weighted by atomic mass is 16.5. The Bertz CT molecular complexity index is 708. The van der Waals surface area contributed by atoms with E-state index < -0.39 is 0 Å². The van der Waals surface area contributed by atoms with Gasteiger partial charge in [0, 0.05) is 5.56 Å². The molecule has 0 aliphatic carbocycles. The molecule has 0 saturated carbocycles. The van der Waals surface area contributed by atoms with Crippen LogP contribution in [0.5, 0.6) is 11.5 Å². The molecule has 0 unspecified atom stereocenters. The number of ether oxygens (including phenoxy) is 2. The van der Waals surface area contributed by atoms with Crippen LogP contribution < -0.4 is 14.8 Å². The summed E-state index contributed by atoms with van der Waals surface area (Å²) in [4.78, 5) is 12.5. The van der Waals surface area contributed by atoms with E-state index in [1.165, 1.54) is 5.56 Å². The van der Waals surface area contributed by atoms with Crippen LogP contribution in [0.15, 0.2) is 36.4 Å². The predicted octanol–water partition coefficient (Wildman–Crippen LogP) is 3.82. The molecule has 0 radical (unpaired) electrons. The zero-order valence-electron chi connectivity index (χ0n) is 15.0. The lowest BCUT2D eigenvalue weighted by atomic mass is 10.0. The van der Waals surface area contributed by atoms with Crippen LogP contribution in [0.25, 0.3) is 0 Å². The number of hydrogen-bond acceptors (Lipinski definition) is 3. The molecule has 0 bridgehead atoms. The minimum atomic E-state index is -0.0967. The lowest BCUT2D eigenvalue weighted by Gasteiger charge is -2.17. The summed E-state index contributed by atoms with van der Waals surface area (Å²) in [7, 11) is 1.63. The van der Waals surface area contributed by atoms with E-state index in [-0.39, 0.29) is 11.9 Å². The van der Waals surface area contributed by atoms with Gasteiger partial charge in [-0.05, 0) is 74.7 Å². The Balaban J connectivity index is 1.92. The molecule has 1 atom stereocenters. The van der Waals surface area contributed by atoms with E-state index in [0.717, 1.165) is 28.2 Å². The SMILES string of the molecule is COc1ccc(OC[C@@H](C)NC(=O)c2cc(C)c(C)cc2C)cc1.